The lowest BCUT2D eigenvalue weighted by atomic mass is 10.1. The second-order valence-electron chi connectivity index (χ2n) is 5.73. The molecule has 0 saturated carbocycles. The van der Waals surface area contributed by atoms with E-state index in [1.165, 1.54) is 38.3 Å². The summed E-state index contributed by atoms with van der Waals surface area (Å²) in [6.07, 6.45) is 3.14. The molecular formula is C19H20O5S. The second kappa shape index (κ2) is 7.53. The van der Waals surface area contributed by atoms with Crippen LogP contribution in [0, 0.1) is 0 Å². The summed E-state index contributed by atoms with van der Waals surface area (Å²) in [4.78, 5) is 11.7. The van der Waals surface area contributed by atoms with E-state index in [4.69, 9.17) is 4.74 Å². The first kappa shape index (κ1) is 18.7. The highest BCUT2D eigenvalue weighted by Gasteiger charge is 2.46. The molecule has 25 heavy (non-hydrogen) atoms. The molecule has 0 amide bonds. The van der Waals surface area contributed by atoms with Crippen molar-refractivity contribution >= 4 is 21.9 Å². The molecule has 0 radical (unpaired) electrons. The molecule has 1 unspecified atom stereocenters. The normalized spacial score (nSPS) is 14.2. The quantitative estimate of drug-likeness (QED) is 0.818. The molecule has 0 saturated heterocycles. The minimum Gasteiger partial charge on any atom is -0.497 e. The van der Waals surface area contributed by atoms with Gasteiger partial charge in [-0.1, -0.05) is 42.5 Å². The Bertz CT molecular complexity index is 854. The number of carboxylic acid groups (broad SMARTS) is 1. The average molecular weight is 360 g/mol. The monoisotopic (exact) mass is 360 g/mol. The number of allylic oxidation sites excluding steroid dienone is 1. The molecule has 1 atom stereocenters. The Balaban J connectivity index is 2.33. The molecule has 0 fully saturated rings. The number of ether oxygens (including phenoxy) is 1. The zero-order valence-corrected chi connectivity index (χ0v) is 14.9. The van der Waals surface area contributed by atoms with Crippen LogP contribution in [-0.2, 0) is 14.6 Å². The van der Waals surface area contributed by atoms with Crippen molar-refractivity contribution in [3.63, 3.8) is 0 Å². The van der Waals surface area contributed by atoms with Crippen LogP contribution in [0.3, 0.4) is 0 Å². The van der Waals surface area contributed by atoms with Crippen LogP contribution >= 0.6 is 0 Å². The molecular weight excluding hydrogens is 340 g/mol. The van der Waals surface area contributed by atoms with Gasteiger partial charge in [-0.2, -0.15) is 0 Å². The predicted octanol–water partition coefficient (Wildman–Crippen LogP) is 3.42. The maximum absolute atomic E-state index is 12.9. The van der Waals surface area contributed by atoms with E-state index in [-0.39, 0.29) is 11.3 Å². The molecule has 0 aliphatic rings. The minimum atomic E-state index is -4.09. The van der Waals surface area contributed by atoms with E-state index < -0.39 is 20.6 Å². The van der Waals surface area contributed by atoms with Gasteiger partial charge in [0, 0.05) is 0 Å². The van der Waals surface area contributed by atoms with Gasteiger partial charge in [-0.25, -0.2) is 8.42 Å². The summed E-state index contributed by atoms with van der Waals surface area (Å²) in [7, 11) is -2.61. The maximum atomic E-state index is 12.9. The smallest absolute Gasteiger partial charge is 0.325 e. The fourth-order valence-corrected chi connectivity index (χ4v) is 3.87. The summed E-state index contributed by atoms with van der Waals surface area (Å²) in [5.74, 6) is -0.888. The van der Waals surface area contributed by atoms with Crippen LogP contribution in [0.4, 0.5) is 0 Å². The van der Waals surface area contributed by atoms with Crippen LogP contribution in [0.15, 0.2) is 65.6 Å². The molecule has 0 aromatic heterocycles. The van der Waals surface area contributed by atoms with E-state index in [0.29, 0.717) is 5.75 Å². The second-order valence-corrected chi connectivity index (χ2v) is 8.11. The average Bonchev–Trinajstić information content (AvgIpc) is 2.62. The lowest BCUT2D eigenvalue weighted by Gasteiger charge is -2.23. The molecule has 2 aromatic carbocycles. The Morgan fingerprint density at radius 3 is 2.24 bits per heavy atom. The summed E-state index contributed by atoms with van der Waals surface area (Å²) in [6.45, 7) is 1.23. The van der Waals surface area contributed by atoms with Gasteiger partial charge in [0.1, 0.15) is 5.75 Å². The fraction of sp³-hybridized carbons (Fsp3) is 0.211. The maximum Gasteiger partial charge on any atom is 0.325 e. The topological polar surface area (TPSA) is 80.7 Å². The molecule has 1 N–H and O–H groups in total. The number of methoxy groups -OCH3 is 1. The van der Waals surface area contributed by atoms with Crippen LogP contribution in [0.1, 0.15) is 18.9 Å². The number of sulfone groups is 1. The Hall–Kier alpha value is -2.60. The van der Waals surface area contributed by atoms with Crippen molar-refractivity contribution < 1.29 is 23.1 Å². The SMILES string of the molecule is COc1ccc(S(=O)(=O)C(C)(C/C=C\c2ccccc2)C(=O)O)cc1. The molecule has 0 aliphatic heterocycles. The zero-order chi connectivity index (χ0) is 18.5. The number of carboxylic acids is 1. The predicted molar refractivity (Wildman–Crippen MR) is 96.3 cm³/mol. The Labute approximate surface area is 147 Å². The first-order valence-corrected chi connectivity index (χ1v) is 9.13. The van der Waals surface area contributed by atoms with E-state index in [1.54, 1.807) is 12.2 Å². The van der Waals surface area contributed by atoms with Gasteiger partial charge in [0.25, 0.3) is 0 Å². The number of hydrogen-bond donors (Lipinski definition) is 1. The Morgan fingerprint density at radius 1 is 1.12 bits per heavy atom. The molecule has 6 heteroatoms. The number of benzene rings is 2. The summed E-state index contributed by atoms with van der Waals surface area (Å²) in [5, 5.41) is 9.59. The Kier molecular flexibility index (Phi) is 5.64. The summed E-state index contributed by atoms with van der Waals surface area (Å²) in [5.41, 5.74) is 0.872. The van der Waals surface area contributed by atoms with E-state index in [9.17, 15) is 18.3 Å². The highest BCUT2D eigenvalue weighted by molar-refractivity contribution is 7.93. The zero-order valence-electron chi connectivity index (χ0n) is 14.0. The summed E-state index contributed by atoms with van der Waals surface area (Å²) < 4.78 is 28.8. The lowest BCUT2D eigenvalue weighted by molar-refractivity contribution is -0.139. The number of carbonyl (C=O) groups is 1. The van der Waals surface area contributed by atoms with Gasteiger partial charge in [-0.3, -0.25) is 4.79 Å². The molecule has 2 aromatic rings. The van der Waals surface area contributed by atoms with Crippen LogP contribution in [0.5, 0.6) is 5.75 Å². The molecule has 0 spiro atoms. The minimum absolute atomic E-state index is 0.0497. The molecule has 2 rings (SSSR count). The van der Waals surface area contributed by atoms with Crippen molar-refractivity contribution in [3.8, 4) is 5.75 Å². The highest BCUT2D eigenvalue weighted by atomic mass is 32.2. The van der Waals surface area contributed by atoms with E-state index in [1.807, 2.05) is 30.3 Å². The number of aliphatic carboxylic acids is 1. The third-order valence-corrected chi connectivity index (χ3v) is 6.45. The molecule has 132 valence electrons. The van der Waals surface area contributed by atoms with Gasteiger partial charge in [0.05, 0.1) is 12.0 Å². The van der Waals surface area contributed by atoms with Gasteiger partial charge in [0.15, 0.2) is 14.6 Å². The van der Waals surface area contributed by atoms with Crippen molar-refractivity contribution in [1.29, 1.82) is 0 Å². The highest BCUT2D eigenvalue weighted by Crippen LogP contribution is 2.31. The largest absolute Gasteiger partial charge is 0.497 e. The Morgan fingerprint density at radius 2 is 1.72 bits per heavy atom. The number of rotatable bonds is 7. The number of hydrogen-bond acceptors (Lipinski definition) is 4. The molecule has 0 bridgehead atoms. The van der Waals surface area contributed by atoms with Crippen LogP contribution in [0.25, 0.3) is 6.08 Å². The van der Waals surface area contributed by atoms with Crippen molar-refractivity contribution in [2.45, 2.75) is 23.0 Å². The molecule has 0 aliphatic carbocycles. The van der Waals surface area contributed by atoms with Crippen molar-refractivity contribution in [2.75, 3.05) is 7.11 Å². The van der Waals surface area contributed by atoms with Gasteiger partial charge < -0.3 is 9.84 Å². The molecule has 5 nitrogen and oxygen atoms in total. The summed E-state index contributed by atoms with van der Waals surface area (Å²) >= 11 is 0. The van der Waals surface area contributed by atoms with Crippen LogP contribution in [-0.4, -0.2) is 31.4 Å². The van der Waals surface area contributed by atoms with Gasteiger partial charge in [-0.05, 0) is 43.2 Å². The van der Waals surface area contributed by atoms with E-state index in [0.717, 1.165) is 5.56 Å². The van der Waals surface area contributed by atoms with Gasteiger partial charge >= 0.3 is 5.97 Å². The molecule has 0 heterocycles. The van der Waals surface area contributed by atoms with Crippen molar-refractivity contribution in [2.24, 2.45) is 0 Å². The van der Waals surface area contributed by atoms with E-state index in [2.05, 4.69) is 0 Å². The third-order valence-electron chi connectivity index (χ3n) is 4.03. The van der Waals surface area contributed by atoms with Crippen LogP contribution < -0.4 is 4.74 Å². The van der Waals surface area contributed by atoms with Gasteiger partial charge in [0.2, 0.25) is 0 Å². The van der Waals surface area contributed by atoms with Gasteiger partial charge in [-0.15, -0.1) is 0 Å². The lowest BCUT2D eigenvalue weighted by Crippen LogP contribution is -2.43. The summed E-state index contributed by atoms with van der Waals surface area (Å²) in [6, 6.07) is 15.0. The van der Waals surface area contributed by atoms with Crippen LogP contribution in [0.2, 0.25) is 0 Å². The first-order chi connectivity index (χ1) is 11.8. The van der Waals surface area contributed by atoms with Crippen molar-refractivity contribution in [3.05, 3.63) is 66.2 Å². The first-order valence-electron chi connectivity index (χ1n) is 7.65. The van der Waals surface area contributed by atoms with E-state index >= 15 is 0 Å². The van der Waals surface area contributed by atoms with Crippen molar-refractivity contribution in [1.82, 2.24) is 0 Å². The third kappa shape index (κ3) is 3.91. The standard InChI is InChI=1S/C19H20O5S/c1-19(18(20)21,14-6-9-15-7-4-3-5-8-15)25(22,23)17-12-10-16(24-2)11-13-17/h3-13H,14H2,1-2H3,(H,20,21)/b9-6-. The fourth-order valence-electron chi connectivity index (χ4n) is 2.31.